The number of nitrogens with zero attached hydrogens (tertiary/aromatic N) is 1. The molecule has 1 aromatic carbocycles. The molecule has 0 radical (unpaired) electrons. The van der Waals surface area contributed by atoms with Crippen LogP contribution in [0.15, 0.2) is 51.0 Å². The Balaban J connectivity index is 1.68. The molecule has 7 heteroatoms. The van der Waals surface area contributed by atoms with Gasteiger partial charge in [0.2, 0.25) is 0 Å². The lowest BCUT2D eigenvalue weighted by atomic mass is 10.1. The number of thiophene rings is 1. The van der Waals surface area contributed by atoms with E-state index in [4.69, 9.17) is 13.9 Å². The summed E-state index contributed by atoms with van der Waals surface area (Å²) in [6, 6.07) is 10.8. The van der Waals surface area contributed by atoms with Gasteiger partial charge in [-0.15, -0.1) is 11.3 Å². The van der Waals surface area contributed by atoms with Crippen molar-refractivity contribution in [3.8, 4) is 5.75 Å². The van der Waals surface area contributed by atoms with Crippen molar-refractivity contribution in [3.05, 3.63) is 62.6 Å². The molecule has 1 saturated heterocycles. The predicted octanol–water partition coefficient (Wildman–Crippen LogP) is 3.68. The van der Waals surface area contributed by atoms with Crippen LogP contribution in [0.3, 0.4) is 0 Å². The number of methoxy groups -OCH3 is 1. The number of para-hydroxylation sites is 1. The molecule has 0 saturated carbocycles. The molecule has 1 aliphatic rings. The SMILES string of the molecule is COc1cccc2cc(C(=O)N(Cc3cccs3)C[C@H]3CCCO3)c(=O)oc12. The van der Waals surface area contributed by atoms with Crippen LogP contribution in [0.25, 0.3) is 11.0 Å². The predicted molar refractivity (Wildman–Crippen MR) is 107 cm³/mol. The van der Waals surface area contributed by atoms with E-state index in [0.717, 1.165) is 17.7 Å². The number of ether oxygens (including phenoxy) is 2. The fraction of sp³-hybridized carbons (Fsp3) is 0.333. The van der Waals surface area contributed by atoms with Gasteiger partial charge < -0.3 is 18.8 Å². The average Bonchev–Trinajstić information content (AvgIpc) is 3.40. The lowest BCUT2D eigenvalue weighted by molar-refractivity contribution is 0.0506. The molecule has 1 fully saturated rings. The Bertz CT molecular complexity index is 1020. The van der Waals surface area contributed by atoms with E-state index < -0.39 is 5.63 Å². The van der Waals surface area contributed by atoms with Gasteiger partial charge in [0.15, 0.2) is 11.3 Å². The highest BCUT2D eigenvalue weighted by molar-refractivity contribution is 7.09. The highest BCUT2D eigenvalue weighted by atomic mass is 32.1. The summed E-state index contributed by atoms with van der Waals surface area (Å²) in [4.78, 5) is 28.6. The topological polar surface area (TPSA) is 69.0 Å². The lowest BCUT2D eigenvalue weighted by Crippen LogP contribution is -2.38. The van der Waals surface area contributed by atoms with Crippen molar-refractivity contribution < 1.29 is 18.7 Å². The highest BCUT2D eigenvalue weighted by Gasteiger charge is 2.26. The largest absolute Gasteiger partial charge is 0.493 e. The molecule has 2 aromatic heterocycles. The van der Waals surface area contributed by atoms with Crippen LogP contribution in [-0.4, -0.2) is 37.2 Å². The van der Waals surface area contributed by atoms with Crippen LogP contribution in [0.5, 0.6) is 5.75 Å². The van der Waals surface area contributed by atoms with Gasteiger partial charge in [-0.05, 0) is 36.4 Å². The Labute approximate surface area is 166 Å². The fourth-order valence-corrected chi connectivity index (χ4v) is 4.16. The monoisotopic (exact) mass is 399 g/mol. The first-order chi connectivity index (χ1) is 13.7. The molecule has 3 aromatic rings. The van der Waals surface area contributed by atoms with E-state index in [-0.39, 0.29) is 17.6 Å². The number of hydrogen-bond donors (Lipinski definition) is 0. The standard InChI is InChI=1S/C21H21NO5S/c1-25-18-8-2-5-14-11-17(21(24)27-19(14)18)20(23)22(12-15-6-3-9-26-15)13-16-7-4-10-28-16/h2,4-5,7-8,10-11,15H,3,6,9,12-13H2,1H3/t15-/m1/s1. The molecule has 6 nitrogen and oxygen atoms in total. The van der Waals surface area contributed by atoms with E-state index >= 15 is 0 Å². The molecular weight excluding hydrogens is 378 g/mol. The van der Waals surface area contributed by atoms with Crippen molar-refractivity contribution in [2.24, 2.45) is 0 Å². The summed E-state index contributed by atoms with van der Waals surface area (Å²) in [7, 11) is 1.51. The number of carbonyl (C=O) groups excluding carboxylic acids is 1. The minimum absolute atomic E-state index is 0.00324. The van der Waals surface area contributed by atoms with Crippen LogP contribution >= 0.6 is 11.3 Å². The first kappa shape index (κ1) is 18.7. The number of benzene rings is 1. The van der Waals surface area contributed by atoms with E-state index in [9.17, 15) is 9.59 Å². The molecule has 1 amide bonds. The Morgan fingerprint density at radius 1 is 1.32 bits per heavy atom. The zero-order chi connectivity index (χ0) is 19.5. The molecular formula is C21H21NO5S. The van der Waals surface area contributed by atoms with Crippen LogP contribution < -0.4 is 10.4 Å². The Morgan fingerprint density at radius 3 is 2.93 bits per heavy atom. The van der Waals surface area contributed by atoms with Gasteiger partial charge in [-0.25, -0.2) is 4.79 Å². The smallest absolute Gasteiger partial charge is 0.349 e. The first-order valence-corrected chi connectivity index (χ1v) is 10.1. The van der Waals surface area contributed by atoms with Gasteiger partial charge in [0.05, 0.1) is 19.8 Å². The number of carbonyl (C=O) groups is 1. The number of rotatable bonds is 6. The summed E-state index contributed by atoms with van der Waals surface area (Å²) in [5, 5.41) is 2.62. The van der Waals surface area contributed by atoms with E-state index in [0.29, 0.717) is 36.4 Å². The minimum Gasteiger partial charge on any atom is -0.493 e. The number of hydrogen-bond acceptors (Lipinski definition) is 6. The quantitative estimate of drug-likeness (QED) is 0.592. The summed E-state index contributed by atoms with van der Waals surface area (Å²) < 4.78 is 16.4. The summed E-state index contributed by atoms with van der Waals surface area (Å²) in [5.74, 6) is 0.116. The third kappa shape index (κ3) is 3.81. The molecule has 146 valence electrons. The highest BCUT2D eigenvalue weighted by Crippen LogP contribution is 2.25. The molecule has 0 N–H and O–H groups in total. The second-order valence-corrected chi connectivity index (χ2v) is 7.76. The van der Waals surface area contributed by atoms with Gasteiger partial charge >= 0.3 is 5.63 Å². The van der Waals surface area contributed by atoms with E-state index in [1.807, 2.05) is 17.5 Å². The number of amides is 1. The Kier molecular flexibility index (Phi) is 5.45. The fourth-order valence-electron chi connectivity index (χ4n) is 3.44. The Hall–Kier alpha value is -2.64. The lowest BCUT2D eigenvalue weighted by Gasteiger charge is -2.24. The zero-order valence-corrected chi connectivity index (χ0v) is 16.4. The molecule has 1 aliphatic heterocycles. The van der Waals surface area contributed by atoms with Crippen LogP contribution in [0.4, 0.5) is 0 Å². The molecule has 0 aliphatic carbocycles. The third-order valence-corrected chi connectivity index (χ3v) is 5.70. The van der Waals surface area contributed by atoms with Crippen molar-refractivity contribution in [2.75, 3.05) is 20.3 Å². The normalized spacial score (nSPS) is 16.4. The van der Waals surface area contributed by atoms with Gasteiger partial charge in [-0.2, -0.15) is 0 Å². The molecule has 0 unspecified atom stereocenters. The van der Waals surface area contributed by atoms with Crippen molar-refractivity contribution >= 4 is 28.2 Å². The molecule has 0 bridgehead atoms. The molecule has 28 heavy (non-hydrogen) atoms. The zero-order valence-electron chi connectivity index (χ0n) is 15.6. The van der Waals surface area contributed by atoms with Gasteiger partial charge in [-0.1, -0.05) is 18.2 Å². The maximum Gasteiger partial charge on any atom is 0.349 e. The van der Waals surface area contributed by atoms with Crippen LogP contribution in [0.2, 0.25) is 0 Å². The molecule has 1 atom stereocenters. The summed E-state index contributed by atoms with van der Waals surface area (Å²) >= 11 is 1.58. The minimum atomic E-state index is -0.662. The molecule has 3 heterocycles. The van der Waals surface area contributed by atoms with Crippen molar-refractivity contribution in [1.82, 2.24) is 4.90 Å². The van der Waals surface area contributed by atoms with Crippen molar-refractivity contribution in [2.45, 2.75) is 25.5 Å². The van der Waals surface area contributed by atoms with Crippen molar-refractivity contribution in [3.63, 3.8) is 0 Å². The maximum atomic E-state index is 13.3. The summed E-state index contributed by atoms with van der Waals surface area (Å²) in [6.07, 6.45) is 1.90. The Morgan fingerprint density at radius 2 is 2.21 bits per heavy atom. The van der Waals surface area contributed by atoms with Gasteiger partial charge in [0, 0.05) is 23.4 Å². The third-order valence-electron chi connectivity index (χ3n) is 4.84. The van der Waals surface area contributed by atoms with E-state index in [1.165, 1.54) is 7.11 Å². The second-order valence-electron chi connectivity index (χ2n) is 6.73. The summed E-state index contributed by atoms with van der Waals surface area (Å²) in [6.45, 7) is 1.60. The van der Waals surface area contributed by atoms with Gasteiger partial charge in [-0.3, -0.25) is 4.79 Å². The molecule has 4 rings (SSSR count). The van der Waals surface area contributed by atoms with E-state index in [1.54, 1.807) is 40.5 Å². The van der Waals surface area contributed by atoms with Crippen LogP contribution in [0, 0.1) is 0 Å². The van der Waals surface area contributed by atoms with Gasteiger partial charge in [0.1, 0.15) is 5.56 Å². The van der Waals surface area contributed by atoms with Crippen LogP contribution in [-0.2, 0) is 11.3 Å². The van der Waals surface area contributed by atoms with Crippen LogP contribution in [0.1, 0.15) is 28.1 Å². The van der Waals surface area contributed by atoms with E-state index in [2.05, 4.69) is 0 Å². The average molecular weight is 399 g/mol. The second kappa shape index (κ2) is 8.16. The maximum absolute atomic E-state index is 13.3. The van der Waals surface area contributed by atoms with Gasteiger partial charge in [0.25, 0.3) is 5.91 Å². The first-order valence-electron chi connectivity index (χ1n) is 9.20. The summed E-state index contributed by atoms with van der Waals surface area (Å²) in [5.41, 5.74) is -0.295. The van der Waals surface area contributed by atoms with Crippen molar-refractivity contribution in [1.29, 1.82) is 0 Å². The number of fused-ring (bicyclic) bond motifs is 1. The molecule has 0 spiro atoms.